The molecule has 0 N–H and O–H groups in total. The van der Waals surface area contributed by atoms with Gasteiger partial charge in [0, 0.05) is 44.6 Å². The van der Waals surface area contributed by atoms with E-state index in [-0.39, 0.29) is 0 Å². The van der Waals surface area contributed by atoms with Gasteiger partial charge in [-0.15, -0.1) is 0 Å². The molecule has 0 bridgehead atoms. The number of hydrogen-bond donors (Lipinski definition) is 0. The van der Waals surface area contributed by atoms with E-state index in [2.05, 4.69) is 62.3 Å². The lowest BCUT2D eigenvalue weighted by Crippen LogP contribution is -2.31. The van der Waals surface area contributed by atoms with Crippen LogP contribution in [0.4, 0.5) is 0 Å². The first-order chi connectivity index (χ1) is 11.2. The Morgan fingerprint density at radius 2 is 2.22 bits per heavy atom. The van der Waals surface area contributed by atoms with Crippen molar-refractivity contribution >= 4 is 5.65 Å². The highest BCUT2D eigenvalue weighted by molar-refractivity contribution is 5.41. The van der Waals surface area contributed by atoms with Gasteiger partial charge in [0.15, 0.2) is 0 Å². The Labute approximate surface area is 136 Å². The van der Waals surface area contributed by atoms with Crippen molar-refractivity contribution in [1.82, 2.24) is 23.8 Å². The van der Waals surface area contributed by atoms with E-state index < -0.39 is 0 Å². The van der Waals surface area contributed by atoms with Crippen molar-refractivity contribution in [1.29, 1.82) is 0 Å². The second-order valence-corrected chi connectivity index (χ2v) is 6.78. The minimum atomic E-state index is 0.697. The third-order valence-electron chi connectivity index (χ3n) is 4.76. The molecule has 0 fully saturated rings. The summed E-state index contributed by atoms with van der Waals surface area (Å²) in [6.45, 7) is 5.25. The van der Waals surface area contributed by atoms with Gasteiger partial charge in [-0.05, 0) is 37.9 Å². The average molecular weight is 309 g/mol. The number of rotatable bonds is 4. The number of aromatic nitrogens is 4. The van der Waals surface area contributed by atoms with Crippen LogP contribution in [0.3, 0.4) is 0 Å². The Morgan fingerprint density at radius 3 is 3.13 bits per heavy atom. The van der Waals surface area contributed by atoms with Crippen LogP contribution >= 0.6 is 0 Å². The molecule has 1 atom stereocenters. The first-order valence-electron chi connectivity index (χ1n) is 8.30. The molecular weight excluding hydrogens is 286 g/mol. The molecular formula is C18H23N5. The SMILES string of the molecule is Cc1ccc2ncc(CN(C)CC3CCc4nccn4C3)n2c1. The van der Waals surface area contributed by atoms with Crippen molar-refractivity contribution in [2.24, 2.45) is 5.92 Å². The van der Waals surface area contributed by atoms with Crippen LogP contribution in [-0.4, -0.2) is 37.4 Å². The molecule has 1 aliphatic rings. The Bertz CT molecular complexity index is 816. The maximum absolute atomic E-state index is 4.51. The predicted molar refractivity (Wildman–Crippen MR) is 90.3 cm³/mol. The van der Waals surface area contributed by atoms with Crippen LogP contribution in [0.25, 0.3) is 5.65 Å². The van der Waals surface area contributed by atoms with E-state index >= 15 is 0 Å². The summed E-state index contributed by atoms with van der Waals surface area (Å²) in [6, 6.07) is 4.20. The highest BCUT2D eigenvalue weighted by Gasteiger charge is 2.20. The fraction of sp³-hybridized carbons (Fsp3) is 0.444. The average Bonchev–Trinajstić information content (AvgIpc) is 3.14. The summed E-state index contributed by atoms with van der Waals surface area (Å²) < 4.78 is 4.51. The normalized spacial score (nSPS) is 17.8. The lowest BCUT2D eigenvalue weighted by Gasteiger charge is -2.28. The molecule has 3 aromatic rings. The van der Waals surface area contributed by atoms with Crippen LogP contribution in [0.1, 0.15) is 23.5 Å². The third kappa shape index (κ3) is 2.88. The third-order valence-corrected chi connectivity index (χ3v) is 4.76. The van der Waals surface area contributed by atoms with Gasteiger partial charge in [-0.2, -0.15) is 0 Å². The smallest absolute Gasteiger partial charge is 0.136 e. The fourth-order valence-corrected chi connectivity index (χ4v) is 3.62. The molecule has 1 aliphatic heterocycles. The number of pyridine rings is 1. The lowest BCUT2D eigenvalue weighted by atomic mass is 9.99. The van der Waals surface area contributed by atoms with Gasteiger partial charge in [0.05, 0.1) is 11.9 Å². The molecule has 0 amide bonds. The van der Waals surface area contributed by atoms with Crippen molar-refractivity contribution in [3.05, 3.63) is 54.0 Å². The zero-order valence-corrected chi connectivity index (χ0v) is 13.8. The topological polar surface area (TPSA) is 38.4 Å². The molecule has 0 saturated heterocycles. The minimum Gasteiger partial charge on any atom is -0.335 e. The summed E-state index contributed by atoms with van der Waals surface area (Å²) in [5.74, 6) is 1.93. The summed E-state index contributed by atoms with van der Waals surface area (Å²) in [6.07, 6.45) is 10.5. The first-order valence-corrected chi connectivity index (χ1v) is 8.30. The van der Waals surface area contributed by atoms with Crippen LogP contribution < -0.4 is 0 Å². The highest BCUT2D eigenvalue weighted by atomic mass is 15.1. The Balaban J connectivity index is 1.43. The van der Waals surface area contributed by atoms with E-state index in [1.807, 2.05) is 12.4 Å². The number of aryl methyl sites for hydroxylation is 2. The van der Waals surface area contributed by atoms with E-state index in [1.165, 1.54) is 23.5 Å². The van der Waals surface area contributed by atoms with Gasteiger partial charge in [0.2, 0.25) is 0 Å². The molecule has 5 heteroatoms. The molecule has 0 radical (unpaired) electrons. The number of imidazole rings is 2. The van der Waals surface area contributed by atoms with Crippen molar-refractivity contribution in [2.75, 3.05) is 13.6 Å². The van der Waals surface area contributed by atoms with E-state index in [4.69, 9.17) is 0 Å². The van der Waals surface area contributed by atoms with Gasteiger partial charge in [-0.1, -0.05) is 6.07 Å². The van der Waals surface area contributed by atoms with E-state index in [0.29, 0.717) is 5.92 Å². The summed E-state index contributed by atoms with van der Waals surface area (Å²) in [4.78, 5) is 11.3. The van der Waals surface area contributed by atoms with E-state index in [1.54, 1.807) is 0 Å². The molecule has 5 nitrogen and oxygen atoms in total. The standard InChI is InChI=1S/C18H23N5/c1-14-3-5-18-20-9-16(23(18)10-14)13-21(2)11-15-4-6-17-19-7-8-22(17)12-15/h3,5,7-10,15H,4,6,11-13H2,1-2H3. The zero-order valence-electron chi connectivity index (χ0n) is 13.8. The molecule has 1 unspecified atom stereocenters. The largest absolute Gasteiger partial charge is 0.335 e. The molecule has 3 aromatic heterocycles. The molecule has 4 heterocycles. The minimum absolute atomic E-state index is 0.697. The van der Waals surface area contributed by atoms with Gasteiger partial charge >= 0.3 is 0 Å². The van der Waals surface area contributed by atoms with Gasteiger partial charge in [-0.25, -0.2) is 9.97 Å². The van der Waals surface area contributed by atoms with Crippen LogP contribution in [-0.2, 0) is 19.5 Å². The zero-order chi connectivity index (χ0) is 15.8. The van der Waals surface area contributed by atoms with Crippen LogP contribution in [0.2, 0.25) is 0 Å². The number of hydrogen-bond acceptors (Lipinski definition) is 3. The molecule has 4 rings (SSSR count). The summed E-state index contributed by atoms with van der Waals surface area (Å²) in [5.41, 5.74) is 3.55. The summed E-state index contributed by atoms with van der Waals surface area (Å²) in [7, 11) is 2.21. The Kier molecular flexibility index (Phi) is 3.65. The highest BCUT2D eigenvalue weighted by Crippen LogP contribution is 2.20. The van der Waals surface area contributed by atoms with Crippen molar-refractivity contribution in [2.45, 2.75) is 32.9 Å². The van der Waals surface area contributed by atoms with E-state index in [9.17, 15) is 0 Å². The Morgan fingerprint density at radius 1 is 1.30 bits per heavy atom. The monoisotopic (exact) mass is 309 g/mol. The van der Waals surface area contributed by atoms with Crippen LogP contribution in [0, 0.1) is 12.8 Å². The van der Waals surface area contributed by atoms with Crippen LogP contribution in [0.15, 0.2) is 36.9 Å². The molecule has 0 spiro atoms. The van der Waals surface area contributed by atoms with E-state index in [0.717, 1.165) is 31.7 Å². The maximum Gasteiger partial charge on any atom is 0.136 e. The molecule has 0 saturated carbocycles. The summed E-state index contributed by atoms with van der Waals surface area (Å²) >= 11 is 0. The van der Waals surface area contributed by atoms with Gasteiger partial charge in [0.25, 0.3) is 0 Å². The Hall–Kier alpha value is -2.14. The first kappa shape index (κ1) is 14.5. The van der Waals surface area contributed by atoms with Crippen molar-refractivity contribution < 1.29 is 0 Å². The lowest BCUT2D eigenvalue weighted by molar-refractivity contribution is 0.227. The van der Waals surface area contributed by atoms with Gasteiger partial charge in [-0.3, -0.25) is 0 Å². The summed E-state index contributed by atoms with van der Waals surface area (Å²) in [5, 5.41) is 0. The maximum atomic E-state index is 4.51. The van der Waals surface area contributed by atoms with Gasteiger partial charge in [0.1, 0.15) is 11.5 Å². The quantitative estimate of drug-likeness (QED) is 0.743. The molecule has 23 heavy (non-hydrogen) atoms. The van der Waals surface area contributed by atoms with Crippen molar-refractivity contribution in [3.8, 4) is 0 Å². The second kappa shape index (κ2) is 5.81. The predicted octanol–water partition coefficient (Wildman–Crippen LogP) is 2.53. The van der Waals surface area contributed by atoms with Crippen molar-refractivity contribution in [3.63, 3.8) is 0 Å². The second-order valence-electron chi connectivity index (χ2n) is 6.78. The molecule has 120 valence electrons. The fourth-order valence-electron chi connectivity index (χ4n) is 3.62. The molecule has 0 aromatic carbocycles. The number of fused-ring (bicyclic) bond motifs is 2. The number of nitrogens with zero attached hydrogens (tertiary/aromatic N) is 5. The van der Waals surface area contributed by atoms with Gasteiger partial charge < -0.3 is 13.9 Å². The molecule has 0 aliphatic carbocycles. The van der Waals surface area contributed by atoms with Crippen LogP contribution in [0.5, 0.6) is 0 Å².